The monoisotopic (exact) mass is 458 g/mol. The van der Waals surface area contributed by atoms with Crippen LogP contribution in [0.2, 0.25) is 0 Å². The summed E-state index contributed by atoms with van der Waals surface area (Å²) in [6, 6.07) is 20.2. The van der Waals surface area contributed by atoms with Crippen molar-refractivity contribution in [1.82, 2.24) is 10.1 Å². The number of rotatable bonds is 10. The number of hydrogen-bond acceptors (Lipinski definition) is 6. The lowest BCUT2D eigenvalue weighted by Crippen LogP contribution is -2.18. The van der Waals surface area contributed by atoms with E-state index in [1.54, 1.807) is 13.0 Å². The van der Waals surface area contributed by atoms with Crippen LogP contribution in [0.15, 0.2) is 69.6 Å². The maximum Gasteiger partial charge on any atom is 0.315 e. The number of hydrogen-bond donors (Lipinski definition) is 0. The van der Waals surface area contributed by atoms with Gasteiger partial charge in [0, 0.05) is 11.6 Å². The second kappa shape index (κ2) is 11.0. The van der Waals surface area contributed by atoms with Crippen molar-refractivity contribution in [3.63, 3.8) is 0 Å². The molecule has 34 heavy (non-hydrogen) atoms. The number of benzene rings is 2. The lowest BCUT2D eigenvalue weighted by Gasteiger charge is -2.13. The summed E-state index contributed by atoms with van der Waals surface area (Å²) < 4.78 is 16.3. The van der Waals surface area contributed by atoms with Crippen LogP contribution in [0, 0.1) is 13.8 Å². The SMILES string of the molecule is CCOC(=O)C(Cc1ccc(CCCc2nc(-c3ccccc3)oc2C)cc1)c1cc(C)on1. The summed E-state index contributed by atoms with van der Waals surface area (Å²) in [7, 11) is 0. The molecule has 0 spiro atoms. The molecule has 6 heteroatoms. The van der Waals surface area contributed by atoms with E-state index in [0.717, 1.165) is 41.8 Å². The Balaban J connectivity index is 1.35. The average molecular weight is 459 g/mol. The van der Waals surface area contributed by atoms with Crippen molar-refractivity contribution in [2.75, 3.05) is 6.61 Å². The molecule has 0 bridgehead atoms. The summed E-state index contributed by atoms with van der Waals surface area (Å²) in [5.74, 6) is 1.48. The predicted octanol–water partition coefficient (Wildman–Crippen LogP) is 6.01. The van der Waals surface area contributed by atoms with Gasteiger partial charge < -0.3 is 13.7 Å². The molecule has 0 saturated carbocycles. The molecule has 1 unspecified atom stereocenters. The van der Waals surface area contributed by atoms with Gasteiger partial charge in [-0.05, 0) is 69.7 Å². The highest BCUT2D eigenvalue weighted by atomic mass is 16.5. The zero-order valence-corrected chi connectivity index (χ0v) is 19.9. The van der Waals surface area contributed by atoms with E-state index in [9.17, 15) is 4.79 Å². The van der Waals surface area contributed by atoms with Gasteiger partial charge in [-0.3, -0.25) is 4.79 Å². The normalized spacial score (nSPS) is 12.0. The molecule has 0 radical (unpaired) electrons. The van der Waals surface area contributed by atoms with Crippen molar-refractivity contribution < 1.29 is 18.5 Å². The van der Waals surface area contributed by atoms with E-state index in [1.165, 1.54) is 5.56 Å². The third-order valence-electron chi connectivity index (χ3n) is 5.83. The van der Waals surface area contributed by atoms with Gasteiger partial charge in [0.15, 0.2) is 0 Å². The van der Waals surface area contributed by atoms with E-state index >= 15 is 0 Å². The molecule has 176 valence electrons. The van der Waals surface area contributed by atoms with Crippen LogP contribution >= 0.6 is 0 Å². The number of carbonyl (C=O) groups is 1. The van der Waals surface area contributed by atoms with Crippen LogP contribution in [-0.2, 0) is 28.8 Å². The van der Waals surface area contributed by atoms with Crippen molar-refractivity contribution in [1.29, 1.82) is 0 Å². The van der Waals surface area contributed by atoms with Gasteiger partial charge in [0.2, 0.25) is 5.89 Å². The minimum Gasteiger partial charge on any atom is -0.465 e. The van der Waals surface area contributed by atoms with E-state index in [4.69, 9.17) is 18.7 Å². The van der Waals surface area contributed by atoms with E-state index < -0.39 is 5.92 Å². The zero-order valence-electron chi connectivity index (χ0n) is 19.9. The molecule has 2 aromatic heterocycles. The molecule has 0 saturated heterocycles. The molecule has 6 nitrogen and oxygen atoms in total. The van der Waals surface area contributed by atoms with E-state index in [-0.39, 0.29) is 5.97 Å². The van der Waals surface area contributed by atoms with Gasteiger partial charge in [0.25, 0.3) is 0 Å². The minimum atomic E-state index is -0.475. The summed E-state index contributed by atoms with van der Waals surface area (Å²) in [4.78, 5) is 17.2. The number of nitrogens with zero attached hydrogens (tertiary/aromatic N) is 2. The first-order valence-corrected chi connectivity index (χ1v) is 11.7. The molecular formula is C28H30N2O4. The Morgan fingerprint density at radius 3 is 2.41 bits per heavy atom. The molecular weight excluding hydrogens is 428 g/mol. The smallest absolute Gasteiger partial charge is 0.315 e. The summed E-state index contributed by atoms with van der Waals surface area (Å²) in [5.41, 5.74) is 4.92. The number of aromatic nitrogens is 2. The van der Waals surface area contributed by atoms with Crippen molar-refractivity contribution in [2.45, 2.75) is 52.4 Å². The largest absolute Gasteiger partial charge is 0.465 e. The fraction of sp³-hybridized carbons (Fsp3) is 0.321. The van der Waals surface area contributed by atoms with Crippen molar-refractivity contribution in [2.24, 2.45) is 0 Å². The fourth-order valence-electron chi connectivity index (χ4n) is 4.00. The predicted molar refractivity (Wildman–Crippen MR) is 129 cm³/mol. The molecule has 1 atom stereocenters. The van der Waals surface area contributed by atoms with Crippen LogP contribution in [0.5, 0.6) is 0 Å². The van der Waals surface area contributed by atoms with Crippen LogP contribution < -0.4 is 0 Å². The van der Waals surface area contributed by atoms with Crippen molar-refractivity contribution in [3.8, 4) is 11.5 Å². The summed E-state index contributed by atoms with van der Waals surface area (Å²) >= 11 is 0. The Bertz CT molecular complexity index is 1210. The number of carbonyl (C=O) groups excluding carboxylic acids is 1. The molecule has 0 N–H and O–H groups in total. The third-order valence-corrected chi connectivity index (χ3v) is 5.83. The maximum absolute atomic E-state index is 12.5. The molecule has 2 aromatic carbocycles. The van der Waals surface area contributed by atoms with Gasteiger partial charge in [0.05, 0.1) is 18.0 Å². The average Bonchev–Trinajstić information content (AvgIpc) is 3.44. The first-order chi connectivity index (χ1) is 16.5. The zero-order chi connectivity index (χ0) is 23.9. The van der Waals surface area contributed by atoms with Crippen LogP contribution in [0.3, 0.4) is 0 Å². The summed E-state index contributed by atoms with van der Waals surface area (Å²) in [5, 5.41) is 4.04. The Hall–Kier alpha value is -3.67. The first kappa shape index (κ1) is 23.5. The van der Waals surface area contributed by atoms with Gasteiger partial charge in [0.1, 0.15) is 17.4 Å². The molecule has 0 aliphatic heterocycles. The second-order valence-corrected chi connectivity index (χ2v) is 8.43. The Morgan fingerprint density at radius 1 is 1.00 bits per heavy atom. The molecule has 4 rings (SSSR count). The number of aryl methyl sites for hydroxylation is 4. The quantitative estimate of drug-likeness (QED) is 0.271. The maximum atomic E-state index is 12.5. The molecule has 0 amide bonds. The standard InChI is InChI=1S/C28H30N2O4/c1-4-32-28(31)24(26-17-19(2)34-30-26)18-22-15-13-21(14-16-22)9-8-12-25-20(3)33-27(29-25)23-10-6-5-7-11-23/h5-7,10-11,13-17,24H,4,8-9,12,18H2,1-3H3. The first-order valence-electron chi connectivity index (χ1n) is 11.7. The van der Waals surface area contributed by atoms with Gasteiger partial charge in [-0.2, -0.15) is 0 Å². The number of ether oxygens (including phenoxy) is 1. The Kier molecular flexibility index (Phi) is 7.58. The highest BCUT2D eigenvalue weighted by Crippen LogP contribution is 2.24. The van der Waals surface area contributed by atoms with E-state index in [1.807, 2.05) is 44.2 Å². The molecule has 2 heterocycles. The lowest BCUT2D eigenvalue weighted by atomic mass is 9.95. The summed E-state index contributed by atoms with van der Waals surface area (Å²) in [6.45, 7) is 5.93. The van der Waals surface area contributed by atoms with Crippen molar-refractivity contribution in [3.05, 3.63) is 94.7 Å². The third kappa shape index (κ3) is 5.81. The fourth-order valence-corrected chi connectivity index (χ4v) is 4.00. The second-order valence-electron chi connectivity index (χ2n) is 8.43. The number of esters is 1. The van der Waals surface area contributed by atoms with Crippen LogP contribution in [-0.4, -0.2) is 22.7 Å². The minimum absolute atomic E-state index is 0.280. The van der Waals surface area contributed by atoms with Gasteiger partial charge >= 0.3 is 5.97 Å². The highest BCUT2D eigenvalue weighted by Gasteiger charge is 2.25. The highest BCUT2D eigenvalue weighted by molar-refractivity contribution is 5.78. The lowest BCUT2D eigenvalue weighted by molar-refractivity contribution is -0.145. The van der Waals surface area contributed by atoms with E-state index in [0.29, 0.717) is 30.4 Å². The Labute approximate surface area is 200 Å². The Morgan fingerprint density at radius 2 is 1.74 bits per heavy atom. The molecule has 4 aromatic rings. The van der Waals surface area contributed by atoms with Gasteiger partial charge in [-0.15, -0.1) is 0 Å². The van der Waals surface area contributed by atoms with Crippen LogP contribution in [0.4, 0.5) is 0 Å². The van der Waals surface area contributed by atoms with Crippen LogP contribution in [0.25, 0.3) is 11.5 Å². The van der Waals surface area contributed by atoms with Gasteiger partial charge in [-0.1, -0.05) is 47.6 Å². The van der Waals surface area contributed by atoms with Crippen LogP contribution in [0.1, 0.15) is 53.3 Å². The molecule has 0 aliphatic carbocycles. The van der Waals surface area contributed by atoms with E-state index in [2.05, 4.69) is 29.4 Å². The van der Waals surface area contributed by atoms with Gasteiger partial charge in [-0.25, -0.2) is 4.98 Å². The summed E-state index contributed by atoms with van der Waals surface area (Å²) in [6.07, 6.45) is 3.30. The molecule has 0 fully saturated rings. The number of oxazole rings is 1. The van der Waals surface area contributed by atoms with Crippen molar-refractivity contribution >= 4 is 5.97 Å². The topological polar surface area (TPSA) is 78.4 Å². The molecule has 0 aliphatic rings.